The maximum Gasteiger partial charge on any atom is 0.246 e. The van der Waals surface area contributed by atoms with Crippen molar-refractivity contribution in [2.24, 2.45) is 0 Å². The van der Waals surface area contributed by atoms with Gasteiger partial charge in [-0.2, -0.15) is 0 Å². The van der Waals surface area contributed by atoms with Crippen molar-refractivity contribution in [3.63, 3.8) is 0 Å². The number of amides is 2. The third-order valence-electron chi connectivity index (χ3n) is 4.01. The number of unbranched alkanes of at least 4 members (excludes halogenated alkanes) is 4. The van der Waals surface area contributed by atoms with Crippen molar-refractivity contribution >= 4 is 12.3 Å². The number of halogens is 1. The Kier molecular flexibility index (Phi) is 29.5. The number of hydrogen-bond donors (Lipinski definition) is 2. The Morgan fingerprint density at radius 1 is 0.879 bits per heavy atom. The van der Waals surface area contributed by atoms with Gasteiger partial charge in [0.2, 0.25) is 12.3 Å². The minimum atomic E-state index is -1.16. The largest absolute Gasteiger partial charge is 0.379 e. The summed E-state index contributed by atoms with van der Waals surface area (Å²) in [5.41, 5.74) is 0. The van der Waals surface area contributed by atoms with Crippen LogP contribution in [0.1, 0.15) is 72.6 Å². The van der Waals surface area contributed by atoms with Gasteiger partial charge in [0, 0.05) is 26.4 Å². The molecule has 198 valence electrons. The van der Waals surface area contributed by atoms with Gasteiger partial charge in [-0.15, -0.1) is 0 Å². The molecule has 1 atom stereocenters. The van der Waals surface area contributed by atoms with Gasteiger partial charge in [-0.25, -0.2) is 4.39 Å². The minimum Gasteiger partial charge on any atom is -0.379 e. The first kappa shape index (κ1) is 33.9. The molecule has 0 aromatic rings. The first-order valence-electron chi connectivity index (χ1n) is 12.4. The number of ether oxygens (including phenoxy) is 4. The van der Waals surface area contributed by atoms with E-state index in [0.717, 1.165) is 38.5 Å². The highest BCUT2D eigenvalue weighted by Crippen LogP contribution is 1.99. The van der Waals surface area contributed by atoms with Gasteiger partial charge in [-0.05, 0) is 52.4 Å². The third kappa shape index (κ3) is 33.0. The molecule has 0 aromatic carbocycles. The number of rotatable bonds is 23. The fourth-order valence-electron chi connectivity index (χ4n) is 2.38. The van der Waals surface area contributed by atoms with Crippen LogP contribution in [0.4, 0.5) is 4.39 Å². The van der Waals surface area contributed by atoms with Gasteiger partial charge >= 0.3 is 0 Å². The molecule has 2 N–H and O–H groups in total. The SMILES string of the molecule is CC(C)OCC(=O)NCCCCCOCCOCCCCCOCC(F)CNC=O.CCC. The number of carbonyl (C=O) groups excluding carboxylic acids is 2. The maximum atomic E-state index is 13.2. The van der Waals surface area contributed by atoms with Crippen LogP contribution in [0, 0.1) is 0 Å². The van der Waals surface area contributed by atoms with E-state index in [-0.39, 0.29) is 31.8 Å². The van der Waals surface area contributed by atoms with E-state index >= 15 is 0 Å². The predicted molar refractivity (Wildman–Crippen MR) is 129 cm³/mol. The highest BCUT2D eigenvalue weighted by molar-refractivity contribution is 5.77. The minimum absolute atomic E-state index is 0.00791. The third-order valence-corrected chi connectivity index (χ3v) is 4.01. The van der Waals surface area contributed by atoms with Gasteiger partial charge < -0.3 is 29.6 Å². The molecule has 8 nitrogen and oxygen atoms in total. The van der Waals surface area contributed by atoms with Crippen LogP contribution >= 0.6 is 0 Å². The molecule has 0 radical (unpaired) electrons. The number of nitrogens with one attached hydrogen (secondary N) is 2. The van der Waals surface area contributed by atoms with Gasteiger partial charge in [0.25, 0.3) is 0 Å². The van der Waals surface area contributed by atoms with Gasteiger partial charge in [0.15, 0.2) is 0 Å². The van der Waals surface area contributed by atoms with E-state index < -0.39 is 6.17 Å². The van der Waals surface area contributed by atoms with Crippen molar-refractivity contribution in [3.8, 4) is 0 Å². The number of hydrogen-bond acceptors (Lipinski definition) is 6. The Balaban J connectivity index is 0. The smallest absolute Gasteiger partial charge is 0.246 e. The Bertz CT molecular complexity index is 416. The Labute approximate surface area is 200 Å². The molecular weight excluding hydrogens is 431 g/mol. The van der Waals surface area contributed by atoms with Crippen molar-refractivity contribution in [2.45, 2.75) is 84.9 Å². The highest BCUT2D eigenvalue weighted by atomic mass is 19.1. The summed E-state index contributed by atoms with van der Waals surface area (Å²) in [6.07, 6.45) is 6.29. The second-order valence-corrected chi connectivity index (χ2v) is 7.96. The zero-order valence-electron chi connectivity index (χ0n) is 21.4. The van der Waals surface area contributed by atoms with E-state index in [1.807, 2.05) is 13.8 Å². The van der Waals surface area contributed by atoms with E-state index in [1.165, 1.54) is 6.42 Å². The molecule has 0 saturated carbocycles. The average Bonchev–Trinajstić information content (AvgIpc) is 2.78. The normalized spacial score (nSPS) is 11.6. The first-order valence-corrected chi connectivity index (χ1v) is 12.4. The van der Waals surface area contributed by atoms with Crippen LogP contribution in [0.25, 0.3) is 0 Å². The zero-order chi connectivity index (χ0) is 25.0. The zero-order valence-corrected chi connectivity index (χ0v) is 21.4. The Hall–Kier alpha value is -1.29. The van der Waals surface area contributed by atoms with E-state index in [4.69, 9.17) is 18.9 Å². The summed E-state index contributed by atoms with van der Waals surface area (Å²) in [6, 6.07) is 0. The van der Waals surface area contributed by atoms with Gasteiger partial charge in [-0.1, -0.05) is 20.3 Å². The molecule has 0 aliphatic carbocycles. The molecule has 0 spiro atoms. The topological polar surface area (TPSA) is 95.1 Å². The fourth-order valence-corrected chi connectivity index (χ4v) is 2.38. The second-order valence-electron chi connectivity index (χ2n) is 7.96. The molecule has 9 heteroatoms. The highest BCUT2D eigenvalue weighted by Gasteiger charge is 2.05. The van der Waals surface area contributed by atoms with Crippen LogP contribution in [0.3, 0.4) is 0 Å². The summed E-state index contributed by atoms with van der Waals surface area (Å²) < 4.78 is 34.6. The van der Waals surface area contributed by atoms with E-state index in [9.17, 15) is 14.0 Å². The summed E-state index contributed by atoms with van der Waals surface area (Å²) in [4.78, 5) is 21.5. The van der Waals surface area contributed by atoms with Crippen molar-refractivity contribution in [3.05, 3.63) is 0 Å². The second kappa shape index (κ2) is 28.7. The molecule has 0 aromatic heterocycles. The molecule has 1 unspecified atom stereocenters. The van der Waals surface area contributed by atoms with Crippen LogP contribution in [-0.2, 0) is 28.5 Å². The lowest BCUT2D eigenvalue weighted by Crippen LogP contribution is -2.29. The van der Waals surface area contributed by atoms with Crippen LogP contribution in [0.5, 0.6) is 0 Å². The fraction of sp³-hybridized carbons (Fsp3) is 0.917. The molecular formula is C24H49FN2O6. The molecule has 2 amide bonds. The van der Waals surface area contributed by atoms with Gasteiger partial charge in [-0.3, -0.25) is 9.59 Å². The van der Waals surface area contributed by atoms with Gasteiger partial charge in [0.1, 0.15) is 12.8 Å². The standard InChI is InChI=1S/C21H41FN2O6.C3H8/c1-19(2)30-17-21(26)24-9-5-3-6-10-27-13-14-28-11-7-4-8-12-29-16-20(22)15-23-18-25;1-3-2/h18-20H,3-17H2,1-2H3,(H,23,25)(H,24,26);3H2,1-2H3. The van der Waals surface area contributed by atoms with E-state index in [1.54, 1.807) is 0 Å². The van der Waals surface area contributed by atoms with Crippen molar-refractivity contribution in [2.75, 3.05) is 59.3 Å². The Morgan fingerprint density at radius 2 is 1.42 bits per heavy atom. The van der Waals surface area contributed by atoms with Crippen LogP contribution in [-0.4, -0.2) is 83.9 Å². The first-order chi connectivity index (χ1) is 16.0. The van der Waals surface area contributed by atoms with Crippen LogP contribution in [0.15, 0.2) is 0 Å². The van der Waals surface area contributed by atoms with E-state index in [0.29, 0.717) is 46.0 Å². The molecule has 0 bridgehead atoms. The summed E-state index contributed by atoms with van der Waals surface area (Å²) in [7, 11) is 0. The lowest BCUT2D eigenvalue weighted by molar-refractivity contribution is -0.127. The quantitative estimate of drug-likeness (QED) is 0.172. The van der Waals surface area contributed by atoms with Crippen LogP contribution < -0.4 is 10.6 Å². The molecule has 0 aliphatic rings. The van der Waals surface area contributed by atoms with Crippen molar-refractivity contribution in [1.29, 1.82) is 0 Å². The summed E-state index contributed by atoms with van der Waals surface area (Å²) in [5.74, 6) is -0.0679. The molecule has 0 rings (SSSR count). The van der Waals surface area contributed by atoms with Gasteiger partial charge in [0.05, 0.1) is 32.5 Å². The number of alkyl halides is 1. The van der Waals surface area contributed by atoms with Crippen molar-refractivity contribution in [1.82, 2.24) is 10.6 Å². The Morgan fingerprint density at radius 3 is 1.97 bits per heavy atom. The maximum absolute atomic E-state index is 13.2. The summed E-state index contributed by atoms with van der Waals surface area (Å²) in [5, 5.41) is 5.12. The van der Waals surface area contributed by atoms with Crippen molar-refractivity contribution < 1.29 is 32.9 Å². The van der Waals surface area contributed by atoms with E-state index in [2.05, 4.69) is 24.5 Å². The predicted octanol–water partition coefficient (Wildman–Crippen LogP) is 3.42. The molecule has 0 heterocycles. The molecule has 33 heavy (non-hydrogen) atoms. The molecule has 0 aliphatic heterocycles. The lowest BCUT2D eigenvalue weighted by Gasteiger charge is -2.09. The molecule has 0 saturated heterocycles. The monoisotopic (exact) mass is 480 g/mol. The average molecular weight is 481 g/mol. The molecule has 0 fully saturated rings. The summed E-state index contributed by atoms with van der Waals surface area (Å²) >= 11 is 0. The van der Waals surface area contributed by atoms with Crippen LogP contribution in [0.2, 0.25) is 0 Å². The lowest BCUT2D eigenvalue weighted by atomic mass is 10.2. The number of carbonyl (C=O) groups is 2. The summed E-state index contributed by atoms with van der Waals surface area (Å²) in [6.45, 7) is 11.9.